The number of carbonyl (C=O) groups is 1. The number of aromatic nitrogens is 2. The van der Waals surface area contributed by atoms with E-state index in [1.807, 2.05) is 42.6 Å². The molecule has 0 unspecified atom stereocenters. The van der Waals surface area contributed by atoms with Crippen LogP contribution >= 0.6 is 11.3 Å². The van der Waals surface area contributed by atoms with Crippen molar-refractivity contribution in [2.24, 2.45) is 0 Å². The monoisotopic (exact) mass is 393 g/mol. The lowest BCUT2D eigenvalue weighted by Crippen LogP contribution is -2.35. The summed E-state index contributed by atoms with van der Waals surface area (Å²) in [5.41, 5.74) is 1.39. The van der Waals surface area contributed by atoms with Gasteiger partial charge in [0.2, 0.25) is 5.91 Å². The fourth-order valence-corrected chi connectivity index (χ4v) is 3.83. The van der Waals surface area contributed by atoms with E-state index >= 15 is 0 Å². The Morgan fingerprint density at radius 2 is 2.07 bits per heavy atom. The number of benzene rings is 1. The lowest BCUT2D eigenvalue weighted by Gasteiger charge is -2.21. The molecule has 0 atom stereocenters. The molecule has 0 saturated heterocycles. The number of furan rings is 1. The van der Waals surface area contributed by atoms with E-state index in [1.54, 1.807) is 34.6 Å². The van der Waals surface area contributed by atoms with Gasteiger partial charge in [0.1, 0.15) is 12.3 Å². The summed E-state index contributed by atoms with van der Waals surface area (Å²) in [4.78, 5) is 33.0. The molecule has 142 valence electrons. The number of aryl methyl sites for hydroxylation is 1. The van der Waals surface area contributed by atoms with Gasteiger partial charge in [-0.3, -0.25) is 14.2 Å². The predicted octanol–water partition coefficient (Wildman–Crippen LogP) is 3.59. The molecule has 0 N–H and O–H groups in total. The van der Waals surface area contributed by atoms with Gasteiger partial charge in [-0.15, -0.1) is 11.3 Å². The number of nitrogens with zero attached hydrogens (tertiary/aromatic N) is 3. The lowest BCUT2D eigenvalue weighted by atomic mass is 10.1. The summed E-state index contributed by atoms with van der Waals surface area (Å²) in [5, 5.41) is 2.50. The molecule has 6 nitrogen and oxygen atoms in total. The summed E-state index contributed by atoms with van der Waals surface area (Å²) in [6.07, 6.45) is 3.04. The third-order valence-corrected chi connectivity index (χ3v) is 5.43. The Morgan fingerprint density at radius 1 is 1.18 bits per heavy atom. The van der Waals surface area contributed by atoms with E-state index in [1.165, 1.54) is 10.9 Å². The van der Waals surface area contributed by atoms with Gasteiger partial charge in [0.15, 0.2) is 0 Å². The molecule has 4 aromatic rings. The van der Waals surface area contributed by atoms with E-state index in [4.69, 9.17) is 4.42 Å². The van der Waals surface area contributed by atoms with Gasteiger partial charge in [-0.2, -0.15) is 0 Å². The minimum atomic E-state index is -0.212. The second-order valence-electron chi connectivity index (χ2n) is 6.56. The summed E-state index contributed by atoms with van der Waals surface area (Å²) in [6.45, 7) is 2.66. The van der Waals surface area contributed by atoms with E-state index in [0.717, 1.165) is 10.4 Å². The molecule has 0 radical (unpaired) electrons. The van der Waals surface area contributed by atoms with E-state index in [-0.39, 0.29) is 18.0 Å². The molecule has 0 aliphatic carbocycles. The van der Waals surface area contributed by atoms with E-state index in [9.17, 15) is 9.59 Å². The van der Waals surface area contributed by atoms with E-state index < -0.39 is 0 Å². The van der Waals surface area contributed by atoms with Gasteiger partial charge < -0.3 is 9.32 Å². The minimum absolute atomic E-state index is 0.0677. The van der Waals surface area contributed by atoms with Crippen molar-refractivity contribution in [3.8, 4) is 0 Å². The molecule has 0 aliphatic heterocycles. The summed E-state index contributed by atoms with van der Waals surface area (Å²) >= 11 is 1.59. The molecule has 0 bridgehead atoms. The van der Waals surface area contributed by atoms with Crippen LogP contribution < -0.4 is 5.56 Å². The van der Waals surface area contributed by atoms with Crippen molar-refractivity contribution in [1.29, 1.82) is 0 Å². The van der Waals surface area contributed by atoms with Gasteiger partial charge in [-0.1, -0.05) is 18.2 Å². The summed E-state index contributed by atoms with van der Waals surface area (Å²) in [6, 6.07) is 13.0. The molecule has 1 amide bonds. The molecule has 1 aromatic carbocycles. The zero-order valence-electron chi connectivity index (χ0n) is 15.4. The predicted molar refractivity (Wildman–Crippen MR) is 108 cm³/mol. The van der Waals surface area contributed by atoms with Crippen LogP contribution in [0.25, 0.3) is 10.9 Å². The first-order chi connectivity index (χ1) is 13.6. The number of fused-ring (bicyclic) bond motifs is 1. The molecular formula is C21H19N3O3S. The standard InChI is InChI=1S/C21H19N3O3S/c1-15-5-2-8-18-20(15)22-14-24(21(18)26)13-19(25)23(11-16-6-3-9-27-16)12-17-7-4-10-28-17/h2-10,14H,11-13H2,1H3. The molecule has 0 saturated carbocycles. The second-order valence-corrected chi connectivity index (χ2v) is 7.59. The van der Waals surface area contributed by atoms with Crippen LogP contribution in [0.5, 0.6) is 0 Å². The van der Waals surface area contributed by atoms with E-state index in [2.05, 4.69) is 4.98 Å². The summed E-state index contributed by atoms with van der Waals surface area (Å²) < 4.78 is 6.78. The minimum Gasteiger partial charge on any atom is -0.467 e. The maximum atomic E-state index is 13.0. The molecule has 3 aromatic heterocycles. The maximum absolute atomic E-state index is 13.0. The third kappa shape index (κ3) is 3.75. The Labute approximate surface area is 165 Å². The average molecular weight is 393 g/mol. The largest absolute Gasteiger partial charge is 0.467 e. The number of carbonyl (C=O) groups excluding carboxylic acids is 1. The van der Waals surface area contributed by atoms with E-state index in [0.29, 0.717) is 29.8 Å². The van der Waals surface area contributed by atoms with Crippen LogP contribution in [0.3, 0.4) is 0 Å². The first kappa shape index (κ1) is 18.2. The van der Waals surface area contributed by atoms with Crippen molar-refractivity contribution in [2.75, 3.05) is 0 Å². The molecule has 0 spiro atoms. The Hall–Kier alpha value is -3.19. The Kier molecular flexibility index (Phi) is 5.08. The van der Waals surface area contributed by atoms with Crippen LogP contribution in [0.4, 0.5) is 0 Å². The van der Waals surface area contributed by atoms with Crippen LogP contribution in [-0.4, -0.2) is 20.4 Å². The molecular weight excluding hydrogens is 374 g/mol. The molecule has 3 heterocycles. The Bertz CT molecular complexity index is 1110. The first-order valence-electron chi connectivity index (χ1n) is 8.89. The van der Waals surface area contributed by atoms with Crippen molar-refractivity contribution in [3.05, 3.63) is 87.0 Å². The van der Waals surface area contributed by atoms with Crippen molar-refractivity contribution < 1.29 is 9.21 Å². The third-order valence-electron chi connectivity index (χ3n) is 4.57. The number of amides is 1. The highest BCUT2D eigenvalue weighted by molar-refractivity contribution is 7.09. The quantitative estimate of drug-likeness (QED) is 0.502. The van der Waals surface area contributed by atoms with Crippen LogP contribution in [0.1, 0.15) is 16.2 Å². The van der Waals surface area contributed by atoms with Gasteiger partial charge in [-0.05, 0) is 42.1 Å². The summed E-state index contributed by atoms with van der Waals surface area (Å²) in [7, 11) is 0. The zero-order chi connectivity index (χ0) is 19.5. The average Bonchev–Trinajstić information content (AvgIpc) is 3.38. The van der Waals surface area contributed by atoms with Crippen molar-refractivity contribution in [2.45, 2.75) is 26.6 Å². The molecule has 0 aliphatic rings. The van der Waals surface area contributed by atoms with Gasteiger partial charge in [-0.25, -0.2) is 4.98 Å². The highest BCUT2D eigenvalue weighted by Gasteiger charge is 2.18. The van der Waals surface area contributed by atoms with Gasteiger partial charge in [0, 0.05) is 4.88 Å². The fraction of sp³-hybridized carbons (Fsp3) is 0.190. The van der Waals surface area contributed by atoms with Crippen molar-refractivity contribution in [3.63, 3.8) is 0 Å². The Morgan fingerprint density at radius 3 is 2.82 bits per heavy atom. The SMILES string of the molecule is Cc1cccc2c(=O)n(CC(=O)N(Cc3ccco3)Cc3cccs3)cnc12. The second kappa shape index (κ2) is 7.82. The molecule has 4 rings (SSSR count). The van der Waals surface area contributed by atoms with Gasteiger partial charge >= 0.3 is 0 Å². The number of thiophene rings is 1. The number of rotatable bonds is 6. The highest BCUT2D eigenvalue weighted by Crippen LogP contribution is 2.16. The number of hydrogen-bond acceptors (Lipinski definition) is 5. The topological polar surface area (TPSA) is 68.3 Å². The van der Waals surface area contributed by atoms with Gasteiger partial charge in [0.25, 0.3) is 5.56 Å². The Balaban J connectivity index is 1.61. The maximum Gasteiger partial charge on any atom is 0.261 e. The van der Waals surface area contributed by atoms with Crippen molar-refractivity contribution in [1.82, 2.24) is 14.5 Å². The molecule has 7 heteroatoms. The highest BCUT2D eigenvalue weighted by atomic mass is 32.1. The number of para-hydroxylation sites is 1. The molecule has 0 fully saturated rings. The normalized spacial score (nSPS) is 11.0. The smallest absolute Gasteiger partial charge is 0.261 e. The van der Waals surface area contributed by atoms with Crippen molar-refractivity contribution >= 4 is 28.1 Å². The lowest BCUT2D eigenvalue weighted by molar-refractivity contribution is -0.133. The van der Waals surface area contributed by atoms with Crippen LogP contribution in [0.2, 0.25) is 0 Å². The fourth-order valence-electron chi connectivity index (χ4n) is 3.11. The number of hydrogen-bond donors (Lipinski definition) is 0. The summed E-state index contributed by atoms with van der Waals surface area (Å²) in [5.74, 6) is 0.533. The van der Waals surface area contributed by atoms with Crippen LogP contribution in [0, 0.1) is 6.92 Å². The molecule has 28 heavy (non-hydrogen) atoms. The zero-order valence-corrected chi connectivity index (χ0v) is 16.2. The van der Waals surface area contributed by atoms with Crippen LogP contribution in [0.15, 0.2) is 69.6 Å². The van der Waals surface area contributed by atoms with Gasteiger partial charge in [0.05, 0.1) is 36.6 Å². The van der Waals surface area contributed by atoms with Crippen LogP contribution in [-0.2, 0) is 24.4 Å². The first-order valence-corrected chi connectivity index (χ1v) is 9.77.